The van der Waals surface area contributed by atoms with Crippen LogP contribution in [0.15, 0.2) is 12.3 Å². The van der Waals surface area contributed by atoms with Crippen LogP contribution in [0.25, 0.3) is 0 Å². The van der Waals surface area contributed by atoms with Crippen molar-refractivity contribution in [1.82, 2.24) is 5.32 Å². The van der Waals surface area contributed by atoms with E-state index in [-0.39, 0.29) is 6.42 Å². The maximum absolute atomic E-state index is 11.7. The Morgan fingerprint density at radius 3 is 2.38 bits per heavy atom. The second kappa shape index (κ2) is 10.3. The number of nitrogens with two attached hydrogens (primary N) is 1. The van der Waals surface area contributed by atoms with Gasteiger partial charge >= 0.3 is 23.2 Å². The van der Waals surface area contributed by atoms with E-state index >= 15 is 0 Å². The van der Waals surface area contributed by atoms with Gasteiger partial charge in [0.15, 0.2) is 6.23 Å². The van der Waals surface area contributed by atoms with Crippen LogP contribution in [0.5, 0.6) is 0 Å². The number of hydrogen-bond donors (Lipinski definition) is 7. The van der Waals surface area contributed by atoms with Gasteiger partial charge in [-0.1, -0.05) is 5.92 Å². The molecule has 29 heavy (non-hydrogen) atoms. The van der Waals surface area contributed by atoms with Gasteiger partial charge in [-0.3, -0.25) is 4.79 Å². The van der Waals surface area contributed by atoms with E-state index in [0.717, 1.165) is 12.3 Å². The minimum absolute atomic E-state index is 0.373. The highest BCUT2D eigenvalue weighted by atomic mass is 31.3. The van der Waals surface area contributed by atoms with E-state index in [2.05, 4.69) is 19.9 Å². The second-order valence-corrected chi connectivity index (χ2v) is 9.81. The Kier molecular flexibility index (Phi) is 9.19. The number of hydrogen-bond acceptors (Lipinski definition) is 10. The molecule has 0 spiro atoms. The van der Waals surface area contributed by atoms with Crippen LogP contribution in [-0.2, 0) is 36.6 Å². The van der Waals surface area contributed by atoms with Gasteiger partial charge in [0.05, 0.1) is 6.10 Å². The lowest BCUT2D eigenvalue weighted by Crippen LogP contribution is -2.40. The summed E-state index contributed by atoms with van der Waals surface area (Å²) in [5.74, 6) is 1.35. The van der Waals surface area contributed by atoms with Crippen LogP contribution in [-0.4, -0.2) is 62.2 Å². The highest BCUT2D eigenvalue weighted by Crippen LogP contribution is 2.65. The monoisotopic (exact) mass is 480 g/mol. The molecule has 6 atom stereocenters. The summed E-state index contributed by atoms with van der Waals surface area (Å²) in [5.41, 5.74) is 6.53. The second-order valence-electron chi connectivity index (χ2n) is 5.32. The van der Waals surface area contributed by atoms with Crippen LogP contribution < -0.4 is 11.1 Å². The third-order valence-corrected chi connectivity index (χ3v) is 6.89. The van der Waals surface area contributed by atoms with Crippen molar-refractivity contribution in [1.29, 1.82) is 0 Å². The molecule has 166 valence electrons. The summed E-state index contributed by atoms with van der Waals surface area (Å²) in [6.07, 6.45) is -2.36. The number of primary amides is 1. The lowest BCUT2D eigenvalue weighted by Gasteiger charge is -2.18. The van der Waals surface area contributed by atoms with E-state index in [9.17, 15) is 28.5 Å². The molecule has 15 nitrogen and oxygen atoms in total. The third kappa shape index (κ3) is 9.50. The first kappa shape index (κ1) is 25.9. The van der Waals surface area contributed by atoms with E-state index in [1.54, 1.807) is 5.66 Å². The van der Waals surface area contributed by atoms with Gasteiger partial charge in [0.1, 0.15) is 12.2 Å². The minimum atomic E-state index is -5.59. The molecule has 1 rings (SSSR count). The number of phosphoric acid groups is 2. The normalized spacial score (nSPS) is 28.9. The summed E-state index contributed by atoms with van der Waals surface area (Å²) in [4.78, 5) is 46.0. The lowest BCUT2D eigenvalue weighted by molar-refractivity contribution is -0.113. The van der Waals surface area contributed by atoms with Crippen LogP contribution in [0.4, 0.5) is 0 Å². The molecule has 8 N–H and O–H groups in total. The van der Waals surface area contributed by atoms with E-state index in [0.29, 0.717) is 0 Å². The maximum Gasteiger partial charge on any atom is 0.489 e. The zero-order chi connectivity index (χ0) is 22.5. The largest absolute Gasteiger partial charge is 0.489 e. The maximum atomic E-state index is 11.7. The van der Waals surface area contributed by atoms with E-state index in [4.69, 9.17) is 29.9 Å². The lowest BCUT2D eigenvalue weighted by atomic mass is 10.1. The van der Waals surface area contributed by atoms with Crippen molar-refractivity contribution in [2.45, 2.75) is 31.0 Å². The number of amides is 1. The summed E-state index contributed by atoms with van der Waals surface area (Å²) >= 11 is 0. The van der Waals surface area contributed by atoms with Gasteiger partial charge in [-0.2, -0.15) is 8.62 Å². The van der Waals surface area contributed by atoms with Crippen LogP contribution in [0.1, 0.15) is 6.42 Å². The van der Waals surface area contributed by atoms with Crippen molar-refractivity contribution in [2.75, 3.05) is 7.11 Å². The number of carbonyl (C=O) groups excluding carboxylic acids is 1. The Morgan fingerprint density at radius 2 is 1.86 bits per heavy atom. The number of rotatable bonds is 9. The van der Waals surface area contributed by atoms with Gasteiger partial charge in [0, 0.05) is 31.5 Å². The summed E-state index contributed by atoms with van der Waals surface area (Å²) in [7, 11) is -14.9. The third-order valence-electron chi connectivity index (χ3n) is 3.06. The van der Waals surface area contributed by atoms with Crippen molar-refractivity contribution in [3.63, 3.8) is 0 Å². The fourth-order valence-electron chi connectivity index (χ4n) is 2.08. The van der Waals surface area contributed by atoms with Gasteiger partial charge in [0.25, 0.3) is 0 Å². The molecule has 1 aliphatic rings. The predicted octanol–water partition coefficient (Wildman–Crippen LogP) is -1.56. The predicted molar refractivity (Wildman–Crippen MR) is 93.2 cm³/mol. The minimum Gasteiger partial charge on any atom is -0.387 e. The summed E-state index contributed by atoms with van der Waals surface area (Å²) < 4.78 is 51.1. The van der Waals surface area contributed by atoms with Gasteiger partial charge in [-0.05, 0) is 0 Å². The summed E-state index contributed by atoms with van der Waals surface area (Å²) in [6.45, 7) is 0. The topological polar surface area (TPSA) is 244 Å². The van der Waals surface area contributed by atoms with Crippen LogP contribution >= 0.6 is 23.2 Å². The molecule has 1 aliphatic heterocycles. The molecule has 18 heteroatoms. The van der Waals surface area contributed by atoms with Crippen LogP contribution in [0.3, 0.4) is 0 Å². The van der Waals surface area contributed by atoms with Crippen molar-refractivity contribution < 1.29 is 61.3 Å². The zero-order valence-corrected chi connectivity index (χ0v) is 17.3. The Labute approximate surface area is 164 Å². The van der Waals surface area contributed by atoms with Crippen molar-refractivity contribution >= 4 is 29.1 Å². The zero-order valence-electron chi connectivity index (χ0n) is 14.6. The fourth-order valence-corrected chi connectivity index (χ4v) is 5.12. The number of aliphatic hydroxyl groups is 1. The molecule has 0 bridgehead atoms. The highest BCUT2D eigenvalue weighted by Gasteiger charge is 2.43. The van der Waals surface area contributed by atoms with Gasteiger partial charge in [-0.25, -0.2) is 13.7 Å². The standard InChI is InChI=1S/C11H19N2O13P3/c1-23-10-9(15)7(24-11(10)13-5-4-8(12)14)3-2-6-27(16,17)25-29(21,22)26-28(18,19)20/h4-5,7,9-11,13,15H,3H2,1H3,(H2,12,14)(H,16,17)(H,21,22)(H2,18,19,20)/b5-4-/t7-,9?,10?,11-/m1/s1. The molecular weight excluding hydrogens is 461 g/mol. The number of ether oxygens (including phenoxy) is 2. The Balaban J connectivity index is 2.76. The van der Waals surface area contributed by atoms with Crippen molar-refractivity contribution in [2.24, 2.45) is 5.73 Å². The molecule has 1 saturated heterocycles. The number of aliphatic hydroxyl groups excluding tert-OH is 1. The molecule has 0 aromatic rings. The molecule has 0 aliphatic carbocycles. The van der Waals surface area contributed by atoms with E-state index < -0.39 is 53.7 Å². The molecule has 0 aromatic heterocycles. The van der Waals surface area contributed by atoms with Gasteiger partial charge in [-0.15, -0.1) is 0 Å². The smallest absolute Gasteiger partial charge is 0.387 e. The number of carbonyl (C=O) groups is 1. The van der Waals surface area contributed by atoms with Crippen molar-refractivity contribution in [3.05, 3.63) is 12.3 Å². The molecule has 1 heterocycles. The molecular formula is C11H19N2O13P3. The quantitative estimate of drug-likeness (QED) is 0.112. The SMILES string of the molecule is COC1C(O)[C@@H](CC#CP(=O)(O)OP(=O)(O)OP(=O)(O)O)O[C@H]1N/C=C\C(N)=O. The molecule has 1 fully saturated rings. The van der Waals surface area contributed by atoms with Gasteiger partial charge in [0.2, 0.25) is 5.91 Å². The van der Waals surface area contributed by atoms with E-state index in [1.807, 2.05) is 0 Å². The molecule has 4 unspecified atom stereocenters. The van der Waals surface area contributed by atoms with Crippen LogP contribution in [0, 0.1) is 11.6 Å². The Bertz CT molecular complexity index is 830. The fraction of sp³-hybridized carbons (Fsp3) is 0.545. The summed E-state index contributed by atoms with van der Waals surface area (Å²) in [6, 6.07) is 0. The Hall–Kier alpha value is -1.10. The van der Waals surface area contributed by atoms with E-state index in [1.165, 1.54) is 7.11 Å². The summed E-state index contributed by atoms with van der Waals surface area (Å²) in [5, 5.41) is 12.8. The molecule has 1 amide bonds. The first-order valence-corrected chi connectivity index (χ1v) is 12.0. The average molecular weight is 480 g/mol. The average Bonchev–Trinajstić information content (AvgIpc) is 2.78. The van der Waals surface area contributed by atoms with Gasteiger partial charge < -0.3 is 45.2 Å². The molecule has 0 aromatic carbocycles. The Morgan fingerprint density at radius 1 is 1.24 bits per heavy atom. The van der Waals surface area contributed by atoms with Crippen LogP contribution in [0.2, 0.25) is 0 Å². The molecule has 0 radical (unpaired) electrons. The number of methoxy groups -OCH3 is 1. The first-order valence-electron chi connectivity index (χ1n) is 7.38. The van der Waals surface area contributed by atoms with Crippen molar-refractivity contribution in [3.8, 4) is 11.6 Å². The number of nitrogens with one attached hydrogen (secondary N) is 1. The highest BCUT2D eigenvalue weighted by molar-refractivity contribution is 7.70. The molecule has 0 saturated carbocycles. The first-order chi connectivity index (χ1) is 13.2.